The summed E-state index contributed by atoms with van der Waals surface area (Å²) in [6.07, 6.45) is 8.76. The van der Waals surface area contributed by atoms with Crippen molar-refractivity contribution in [2.75, 3.05) is 0 Å². The van der Waals surface area contributed by atoms with Gasteiger partial charge < -0.3 is 5.11 Å². The molecule has 0 aliphatic heterocycles. The summed E-state index contributed by atoms with van der Waals surface area (Å²) in [5.74, 6) is 0. The number of aliphatic hydroxyl groups excluding tert-OH is 1. The summed E-state index contributed by atoms with van der Waals surface area (Å²) in [5, 5.41) is 8.88. The standard InChI is InChI=1S/C13H17NO.C2H6/c1-3-5-11(4-2)8-13-7-6-12(10-15)9-14-13;1-2/h3-7,9,15H,8,10H2,1-2H3;1-2H3/b5-3-,11-4+;. The zero-order valence-electron chi connectivity index (χ0n) is 11.3. The van der Waals surface area contributed by atoms with E-state index in [1.54, 1.807) is 6.20 Å². The minimum atomic E-state index is 0.0542. The van der Waals surface area contributed by atoms with Crippen molar-refractivity contribution in [2.45, 2.75) is 40.7 Å². The maximum Gasteiger partial charge on any atom is 0.0696 e. The Morgan fingerprint density at radius 3 is 2.41 bits per heavy atom. The van der Waals surface area contributed by atoms with Gasteiger partial charge in [-0.3, -0.25) is 4.98 Å². The summed E-state index contributed by atoms with van der Waals surface area (Å²) < 4.78 is 0. The second-order valence-corrected chi connectivity index (χ2v) is 3.36. The lowest BCUT2D eigenvalue weighted by atomic mass is 10.1. The van der Waals surface area contributed by atoms with Crippen LogP contribution >= 0.6 is 0 Å². The summed E-state index contributed by atoms with van der Waals surface area (Å²) in [5.41, 5.74) is 3.13. The predicted molar refractivity (Wildman–Crippen MR) is 73.8 cm³/mol. The Morgan fingerprint density at radius 2 is 2.00 bits per heavy atom. The van der Waals surface area contributed by atoms with Crippen molar-refractivity contribution in [3.05, 3.63) is 53.4 Å². The van der Waals surface area contributed by atoms with Crippen LogP contribution in [0.15, 0.2) is 42.1 Å². The number of rotatable bonds is 4. The molecule has 0 saturated carbocycles. The van der Waals surface area contributed by atoms with Gasteiger partial charge in [0.05, 0.1) is 6.61 Å². The first-order valence-electron chi connectivity index (χ1n) is 6.12. The van der Waals surface area contributed by atoms with Crippen LogP contribution in [0.3, 0.4) is 0 Å². The Morgan fingerprint density at radius 1 is 1.29 bits per heavy atom. The van der Waals surface area contributed by atoms with E-state index in [0.29, 0.717) is 0 Å². The molecule has 94 valence electrons. The Hall–Kier alpha value is -1.41. The minimum absolute atomic E-state index is 0.0542. The highest BCUT2D eigenvalue weighted by molar-refractivity contribution is 5.25. The molecule has 0 aliphatic rings. The zero-order chi connectivity index (χ0) is 13.1. The second-order valence-electron chi connectivity index (χ2n) is 3.36. The fourth-order valence-corrected chi connectivity index (χ4v) is 1.33. The van der Waals surface area contributed by atoms with Crippen LogP contribution in [0.4, 0.5) is 0 Å². The summed E-state index contributed by atoms with van der Waals surface area (Å²) in [7, 11) is 0. The summed E-state index contributed by atoms with van der Waals surface area (Å²) in [6, 6.07) is 3.86. The number of hydrogen-bond donors (Lipinski definition) is 1. The number of allylic oxidation sites excluding steroid dienone is 4. The summed E-state index contributed by atoms with van der Waals surface area (Å²) in [6.45, 7) is 8.09. The molecule has 2 nitrogen and oxygen atoms in total. The molecule has 0 unspecified atom stereocenters. The number of aliphatic hydroxyl groups is 1. The highest BCUT2D eigenvalue weighted by Gasteiger charge is 1.97. The average Bonchev–Trinajstić information content (AvgIpc) is 2.41. The van der Waals surface area contributed by atoms with E-state index in [9.17, 15) is 0 Å². The van der Waals surface area contributed by atoms with E-state index in [2.05, 4.69) is 17.1 Å². The zero-order valence-corrected chi connectivity index (χ0v) is 11.3. The first-order valence-corrected chi connectivity index (χ1v) is 6.12. The Labute approximate surface area is 105 Å². The average molecular weight is 233 g/mol. The van der Waals surface area contributed by atoms with Crippen LogP contribution in [-0.2, 0) is 13.0 Å². The van der Waals surface area contributed by atoms with E-state index in [4.69, 9.17) is 5.11 Å². The highest BCUT2D eigenvalue weighted by atomic mass is 16.3. The summed E-state index contributed by atoms with van der Waals surface area (Å²) >= 11 is 0. The van der Waals surface area contributed by atoms with E-state index in [0.717, 1.165) is 17.7 Å². The molecule has 0 aliphatic carbocycles. The fraction of sp³-hybridized carbons (Fsp3) is 0.400. The number of hydrogen-bond acceptors (Lipinski definition) is 2. The van der Waals surface area contributed by atoms with Crippen molar-refractivity contribution in [3.8, 4) is 0 Å². The molecule has 1 N–H and O–H groups in total. The molecule has 2 heteroatoms. The van der Waals surface area contributed by atoms with E-state index >= 15 is 0 Å². The lowest BCUT2D eigenvalue weighted by Gasteiger charge is -2.02. The first kappa shape index (κ1) is 15.6. The molecule has 0 radical (unpaired) electrons. The van der Waals surface area contributed by atoms with E-state index < -0.39 is 0 Å². The third-order valence-electron chi connectivity index (χ3n) is 2.21. The first-order chi connectivity index (χ1) is 8.30. The Kier molecular flexibility index (Phi) is 8.98. The van der Waals surface area contributed by atoms with Gasteiger partial charge in [0, 0.05) is 18.3 Å². The van der Waals surface area contributed by atoms with Crippen molar-refractivity contribution in [1.82, 2.24) is 4.98 Å². The van der Waals surface area contributed by atoms with Crippen LogP contribution in [-0.4, -0.2) is 10.1 Å². The SMILES string of the molecule is C/C=C\C(=C/C)Cc1ccc(CO)cn1.CC. The molecule has 0 spiro atoms. The Balaban J connectivity index is 0.00000121. The van der Waals surface area contributed by atoms with Crippen LogP contribution in [0.25, 0.3) is 0 Å². The minimum Gasteiger partial charge on any atom is -0.392 e. The quantitative estimate of drug-likeness (QED) is 0.805. The fourth-order valence-electron chi connectivity index (χ4n) is 1.33. The Bertz CT molecular complexity index is 350. The molecule has 1 aromatic rings. The third kappa shape index (κ3) is 6.03. The molecule has 1 rings (SSSR count). The van der Waals surface area contributed by atoms with E-state index in [1.165, 1.54) is 5.57 Å². The highest BCUT2D eigenvalue weighted by Crippen LogP contribution is 2.08. The van der Waals surface area contributed by atoms with Gasteiger partial charge in [0.1, 0.15) is 0 Å². The molecule has 17 heavy (non-hydrogen) atoms. The number of nitrogens with zero attached hydrogens (tertiary/aromatic N) is 1. The van der Waals surface area contributed by atoms with Crippen LogP contribution in [0.1, 0.15) is 39.0 Å². The van der Waals surface area contributed by atoms with Gasteiger partial charge >= 0.3 is 0 Å². The second kappa shape index (κ2) is 9.79. The molecule has 0 atom stereocenters. The molecule has 0 fully saturated rings. The molecule has 0 saturated heterocycles. The van der Waals surface area contributed by atoms with Gasteiger partial charge in [0.15, 0.2) is 0 Å². The largest absolute Gasteiger partial charge is 0.392 e. The van der Waals surface area contributed by atoms with Gasteiger partial charge in [-0.1, -0.05) is 38.1 Å². The third-order valence-corrected chi connectivity index (χ3v) is 2.21. The lowest BCUT2D eigenvalue weighted by Crippen LogP contribution is -1.93. The maximum atomic E-state index is 8.88. The molecule has 0 bridgehead atoms. The van der Waals surface area contributed by atoms with E-state index in [1.807, 2.05) is 45.9 Å². The van der Waals surface area contributed by atoms with Gasteiger partial charge in [-0.05, 0) is 31.1 Å². The smallest absolute Gasteiger partial charge is 0.0696 e. The van der Waals surface area contributed by atoms with Crippen molar-refractivity contribution in [1.29, 1.82) is 0 Å². The van der Waals surface area contributed by atoms with Gasteiger partial charge in [-0.25, -0.2) is 0 Å². The van der Waals surface area contributed by atoms with Crippen LogP contribution in [0.2, 0.25) is 0 Å². The van der Waals surface area contributed by atoms with Gasteiger partial charge in [0.2, 0.25) is 0 Å². The van der Waals surface area contributed by atoms with Crippen molar-refractivity contribution in [2.24, 2.45) is 0 Å². The molecule has 1 aromatic heterocycles. The van der Waals surface area contributed by atoms with Crippen LogP contribution in [0.5, 0.6) is 0 Å². The maximum absolute atomic E-state index is 8.88. The van der Waals surface area contributed by atoms with E-state index in [-0.39, 0.29) is 6.61 Å². The van der Waals surface area contributed by atoms with Crippen LogP contribution in [0, 0.1) is 0 Å². The molecular weight excluding hydrogens is 210 g/mol. The van der Waals surface area contributed by atoms with Crippen molar-refractivity contribution in [3.63, 3.8) is 0 Å². The molecule has 0 amide bonds. The van der Waals surface area contributed by atoms with Crippen LogP contribution < -0.4 is 0 Å². The van der Waals surface area contributed by atoms with Gasteiger partial charge in [-0.2, -0.15) is 0 Å². The normalized spacial score (nSPS) is 11.2. The monoisotopic (exact) mass is 233 g/mol. The van der Waals surface area contributed by atoms with Gasteiger partial charge in [-0.15, -0.1) is 0 Å². The van der Waals surface area contributed by atoms with Crippen molar-refractivity contribution < 1.29 is 5.11 Å². The topological polar surface area (TPSA) is 33.1 Å². The van der Waals surface area contributed by atoms with Crippen molar-refractivity contribution >= 4 is 0 Å². The lowest BCUT2D eigenvalue weighted by molar-refractivity contribution is 0.281. The molecule has 0 aromatic carbocycles. The molecular formula is C15H23NO. The molecule has 1 heterocycles. The number of aromatic nitrogens is 1. The number of pyridine rings is 1. The van der Waals surface area contributed by atoms with Gasteiger partial charge in [0.25, 0.3) is 0 Å². The summed E-state index contributed by atoms with van der Waals surface area (Å²) in [4.78, 5) is 4.28. The predicted octanol–water partition coefficient (Wildman–Crippen LogP) is 3.67.